The fourth-order valence-electron chi connectivity index (χ4n) is 3.41. The molecule has 0 radical (unpaired) electrons. The van der Waals surface area contributed by atoms with Crippen LogP contribution < -0.4 is 9.80 Å². The second kappa shape index (κ2) is 7.25. The molecule has 3 aromatic rings. The maximum absolute atomic E-state index is 4.43. The van der Waals surface area contributed by atoms with E-state index in [1.165, 1.54) is 5.69 Å². The van der Waals surface area contributed by atoms with Crippen LogP contribution >= 0.6 is 0 Å². The van der Waals surface area contributed by atoms with Crippen LogP contribution in [0.1, 0.15) is 0 Å². The van der Waals surface area contributed by atoms with Crippen molar-refractivity contribution in [1.82, 2.24) is 29.6 Å². The standard InChI is InChI=1S/C18H24N8/c1-23(2)18-16-11-15(3-4-17(16)20-13-21-18)25-8-5-24(6-9-25)7-10-26-14-19-12-22-26/h3-4,11-14H,5-10H2,1-2H3. The minimum atomic E-state index is 0.888. The maximum atomic E-state index is 4.43. The van der Waals surface area contributed by atoms with E-state index in [-0.39, 0.29) is 0 Å². The number of benzene rings is 1. The number of aromatic nitrogens is 5. The van der Waals surface area contributed by atoms with Crippen molar-refractivity contribution in [2.75, 3.05) is 56.6 Å². The van der Waals surface area contributed by atoms with Crippen molar-refractivity contribution in [3.63, 3.8) is 0 Å². The molecule has 1 aliphatic rings. The minimum absolute atomic E-state index is 0.888. The molecule has 136 valence electrons. The lowest BCUT2D eigenvalue weighted by Crippen LogP contribution is -2.47. The number of hydrogen-bond acceptors (Lipinski definition) is 7. The molecule has 1 saturated heterocycles. The average Bonchev–Trinajstić information content (AvgIpc) is 3.19. The van der Waals surface area contributed by atoms with E-state index >= 15 is 0 Å². The van der Waals surface area contributed by atoms with E-state index in [1.54, 1.807) is 19.0 Å². The molecule has 2 aromatic heterocycles. The van der Waals surface area contributed by atoms with Gasteiger partial charge in [-0.25, -0.2) is 15.0 Å². The molecule has 0 atom stereocenters. The molecule has 4 rings (SSSR count). The molecule has 0 bridgehead atoms. The summed E-state index contributed by atoms with van der Waals surface area (Å²) in [5, 5.41) is 5.27. The van der Waals surface area contributed by atoms with Crippen LogP contribution in [0.2, 0.25) is 0 Å². The fourth-order valence-corrected chi connectivity index (χ4v) is 3.41. The predicted octanol–water partition coefficient (Wildman–Crippen LogP) is 1.11. The maximum Gasteiger partial charge on any atom is 0.139 e. The van der Waals surface area contributed by atoms with Gasteiger partial charge in [-0.15, -0.1) is 0 Å². The molecule has 0 amide bonds. The zero-order chi connectivity index (χ0) is 17.9. The molecule has 1 aromatic carbocycles. The summed E-state index contributed by atoms with van der Waals surface area (Å²) >= 11 is 0. The Morgan fingerprint density at radius 1 is 1.00 bits per heavy atom. The summed E-state index contributed by atoms with van der Waals surface area (Å²) < 4.78 is 1.89. The Morgan fingerprint density at radius 2 is 1.85 bits per heavy atom. The molecule has 8 heteroatoms. The van der Waals surface area contributed by atoms with E-state index in [1.807, 2.05) is 23.7 Å². The number of rotatable bonds is 5. The molecule has 8 nitrogen and oxygen atoms in total. The van der Waals surface area contributed by atoms with Crippen LogP contribution in [0.4, 0.5) is 11.5 Å². The normalized spacial score (nSPS) is 15.5. The van der Waals surface area contributed by atoms with Crippen LogP contribution in [-0.4, -0.2) is 76.5 Å². The van der Waals surface area contributed by atoms with Crippen molar-refractivity contribution in [1.29, 1.82) is 0 Å². The number of hydrogen-bond donors (Lipinski definition) is 0. The second-order valence-electron chi connectivity index (χ2n) is 6.78. The summed E-state index contributed by atoms with van der Waals surface area (Å²) in [4.78, 5) is 19.8. The lowest BCUT2D eigenvalue weighted by molar-refractivity contribution is 0.244. The van der Waals surface area contributed by atoms with E-state index in [4.69, 9.17) is 0 Å². The zero-order valence-corrected chi connectivity index (χ0v) is 15.3. The highest BCUT2D eigenvalue weighted by Gasteiger charge is 2.18. The summed E-state index contributed by atoms with van der Waals surface area (Å²) in [6.45, 7) is 6.05. The summed E-state index contributed by atoms with van der Waals surface area (Å²) in [5.74, 6) is 0.961. The molecule has 0 spiro atoms. The third-order valence-corrected chi connectivity index (χ3v) is 4.87. The van der Waals surface area contributed by atoms with Crippen LogP contribution in [0.3, 0.4) is 0 Å². The lowest BCUT2D eigenvalue weighted by Gasteiger charge is -2.36. The highest BCUT2D eigenvalue weighted by atomic mass is 15.3. The highest BCUT2D eigenvalue weighted by Crippen LogP contribution is 2.27. The Labute approximate surface area is 153 Å². The molecule has 0 unspecified atom stereocenters. The van der Waals surface area contributed by atoms with Crippen molar-refractivity contribution < 1.29 is 0 Å². The Hall–Kier alpha value is -2.74. The highest BCUT2D eigenvalue weighted by molar-refractivity contribution is 5.91. The first-order valence-electron chi connectivity index (χ1n) is 8.92. The first kappa shape index (κ1) is 16.7. The molecule has 1 fully saturated rings. The van der Waals surface area contributed by atoms with Crippen molar-refractivity contribution in [3.05, 3.63) is 37.2 Å². The third kappa shape index (κ3) is 3.45. The molecule has 26 heavy (non-hydrogen) atoms. The quantitative estimate of drug-likeness (QED) is 0.681. The van der Waals surface area contributed by atoms with E-state index in [9.17, 15) is 0 Å². The average molecular weight is 352 g/mol. The van der Waals surface area contributed by atoms with Gasteiger partial charge in [-0.3, -0.25) is 9.58 Å². The van der Waals surface area contributed by atoms with Gasteiger partial charge in [0.2, 0.25) is 0 Å². The van der Waals surface area contributed by atoms with Gasteiger partial charge >= 0.3 is 0 Å². The number of nitrogens with zero attached hydrogens (tertiary/aromatic N) is 8. The lowest BCUT2D eigenvalue weighted by atomic mass is 10.1. The second-order valence-corrected chi connectivity index (χ2v) is 6.78. The number of fused-ring (bicyclic) bond motifs is 1. The monoisotopic (exact) mass is 352 g/mol. The Morgan fingerprint density at radius 3 is 2.58 bits per heavy atom. The van der Waals surface area contributed by atoms with Crippen molar-refractivity contribution in [2.45, 2.75) is 6.54 Å². The summed E-state index contributed by atoms with van der Waals surface area (Å²) in [6.07, 6.45) is 4.99. The van der Waals surface area contributed by atoms with Gasteiger partial charge < -0.3 is 9.80 Å². The van der Waals surface area contributed by atoms with Crippen molar-refractivity contribution >= 4 is 22.4 Å². The van der Waals surface area contributed by atoms with E-state index in [2.05, 4.69) is 48.0 Å². The van der Waals surface area contributed by atoms with Crippen molar-refractivity contribution in [2.24, 2.45) is 0 Å². The van der Waals surface area contributed by atoms with E-state index < -0.39 is 0 Å². The predicted molar refractivity (Wildman–Crippen MR) is 103 cm³/mol. The SMILES string of the molecule is CN(C)c1ncnc2ccc(N3CCN(CCn4cncn4)CC3)cc12. The summed E-state index contributed by atoms with van der Waals surface area (Å²) in [5.41, 5.74) is 2.23. The number of anilines is 2. The van der Waals surface area contributed by atoms with Crippen molar-refractivity contribution in [3.8, 4) is 0 Å². The molecule has 0 saturated carbocycles. The fraction of sp³-hybridized carbons (Fsp3) is 0.444. The third-order valence-electron chi connectivity index (χ3n) is 4.87. The number of piperazine rings is 1. The van der Waals surface area contributed by atoms with Gasteiger partial charge in [-0.05, 0) is 18.2 Å². The Bertz CT molecular complexity index is 853. The van der Waals surface area contributed by atoms with Crippen LogP contribution in [0.5, 0.6) is 0 Å². The van der Waals surface area contributed by atoms with Gasteiger partial charge in [0.25, 0.3) is 0 Å². The molecular formula is C18H24N8. The van der Waals surface area contributed by atoms with Gasteiger partial charge in [-0.1, -0.05) is 0 Å². The molecular weight excluding hydrogens is 328 g/mol. The summed E-state index contributed by atoms with van der Waals surface area (Å²) in [6, 6.07) is 6.48. The smallest absolute Gasteiger partial charge is 0.139 e. The largest absolute Gasteiger partial charge is 0.369 e. The van der Waals surface area contributed by atoms with Gasteiger partial charge in [0.05, 0.1) is 12.1 Å². The van der Waals surface area contributed by atoms with Crippen LogP contribution in [-0.2, 0) is 6.54 Å². The molecule has 1 aliphatic heterocycles. The van der Waals surface area contributed by atoms with Gasteiger partial charge in [-0.2, -0.15) is 5.10 Å². The molecule has 3 heterocycles. The Balaban J connectivity index is 1.43. The topological polar surface area (TPSA) is 66.2 Å². The van der Waals surface area contributed by atoms with Gasteiger partial charge in [0, 0.05) is 57.9 Å². The summed E-state index contributed by atoms with van der Waals surface area (Å²) in [7, 11) is 4.03. The van der Waals surface area contributed by atoms with Gasteiger partial charge in [0.1, 0.15) is 24.8 Å². The van der Waals surface area contributed by atoms with Crippen LogP contribution in [0, 0.1) is 0 Å². The van der Waals surface area contributed by atoms with Crippen LogP contribution in [0.25, 0.3) is 10.9 Å². The van der Waals surface area contributed by atoms with E-state index in [0.29, 0.717) is 0 Å². The van der Waals surface area contributed by atoms with Crippen LogP contribution in [0.15, 0.2) is 37.2 Å². The van der Waals surface area contributed by atoms with E-state index in [0.717, 1.165) is 56.0 Å². The first-order valence-corrected chi connectivity index (χ1v) is 8.92. The minimum Gasteiger partial charge on any atom is -0.369 e. The molecule has 0 aliphatic carbocycles. The Kier molecular flexibility index (Phi) is 4.66. The first-order chi connectivity index (χ1) is 12.7. The zero-order valence-electron chi connectivity index (χ0n) is 15.3. The van der Waals surface area contributed by atoms with Gasteiger partial charge in [0.15, 0.2) is 0 Å². The molecule has 0 N–H and O–H groups in total.